The highest BCUT2D eigenvalue weighted by atomic mass is 79.9. The van der Waals surface area contributed by atoms with E-state index in [2.05, 4.69) is 92.7 Å². The molecule has 0 aromatic heterocycles. The van der Waals surface area contributed by atoms with Crippen molar-refractivity contribution in [3.63, 3.8) is 0 Å². The molecule has 7 heteroatoms. The van der Waals surface area contributed by atoms with E-state index in [4.69, 9.17) is 4.74 Å². The molecule has 4 nitrogen and oxygen atoms in total. The van der Waals surface area contributed by atoms with E-state index >= 15 is 0 Å². The second kappa shape index (κ2) is 10.8. The van der Waals surface area contributed by atoms with Crippen LogP contribution in [0, 0.1) is 6.92 Å². The predicted octanol–water partition coefficient (Wildman–Crippen LogP) is 7.26. The number of aryl methyl sites for hydroxylation is 2. The monoisotopic (exact) mass is 586 g/mol. The van der Waals surface area contributed by atoms with Crippen molar-refractivity contribution in [3.05, 3.63) is 96.8 Å². The van der Waals surface area contributed by atoms with Gasteiger partial charge in [0, 0.05) is 5.69 Å². The standard InChI is InChI=1S/C26H24Br2N2O2S/c1-3-17-8-10-20(11-9-17)29-26-30-25(31)23(33-26)14-19-12-21(27)24(22(28)13-19)32-15-18-6-4-16(2)5-7-18/h4-14,26,29H,3,15H2,1-2H3,(H,30,31)/b23-14-/t26-/m0/s1. The number of carbonyl (C=O) groups is 1. The Labute approximate surface area is 215 Å². The summed E-state index contributed by atoms with van der Waals surface area (Å²) in [5, 5.41) is 6.34. The first-order chi connectivity index (χ1) is 15.9. The maximum absolute atomic E-state index is 12.5. The van der Waals surface area contributed by atoms with Gasteiger partial charge in [-0.25, -0.2) is 0 Å². The minimum absolute atomic E-state index is 0.0883. The van der Waals surface area contributed by atoms with Crippen LogP contribution in [0.25, 0.3) is 6.08 Å². The van der Waals surface area contributed by atoms with Crippen LogP contribution >= 0.6 is 43.6 Å². The maximum Gasteiger partial charge on any atom is 0.260 e. The Bertz CT molecular complexity index is 1150. The number of hydrogen-bond donors (Lipinski definition) is 2. The molecule has 33 heavy (non-hydrogen) atoms. The number of rotatable bonds is 7. The number of benzene rings is 3. The molecule has 1 heterocycles. The average Bonchev–Trinajstić information content (AvgIpc) is 3.13. The average molecular weight is 588 g/mol. The largest absolute Gasteiger partial charge is 0.487 e. The van der Waals surface area contributed by atoms with Gasteiger partial charge in [0.05, 0.1) is 13.9 Å². The van der Waals surface area contributed by atoms with E-state index in [1.54, 1.807) is 0 Å². The number of ether oxygens (including phenoxy) is 1. The number of hydrogen-bond acceptors (Lipinski definition) is 4. The lowest BCUT2D eigenvalue weighted by molar-refractivity contribution is -0.116. The van der Waals surface area contributed by atoms with Gasteiger partial charge in [-0.05, 0) is 92.2 Å². The lowest BCUT2D eigenvalue weighted by atomic mass is 10.1. The van der Waals surface area contributed by atoms with Crippen LogP contribution in [0.3, 0.4) is 0 Å². The molecule has 170 valence electrons. The highest BCUT2D eigenvalue weighted by molar-refractivity contribution is 9.11. The van der Waals surface area contributed by atoms with Crippen molar-refractivity contribution < 1.29 is 9.53 Å². The van der Waals surface area contributed by atoms with Gasteiger partial charge in [-0.2, -0.15) is 0 Å². The summed E-state index contributed by atoms with van der Waals surface area (Å²) in [6, 6.07) is 20.5. The first-order valence-corrected chi connectivity index (χ1v) is 13.1. The highest BCUT2D eigenvalue weighted by Gasteiger charge is 2.27. The topological polar surface area (TPSA) is 50.4 Å². The Morgan fingerprint density at radius 3 is 2.30 bits per heavy atom. The van der Waals surface area contributed by atoms with Crippen molar-refractivity contribution in [1.29, 1.82) is 0 Å². The van der Waals surface area contributed by atoms with Gasteiger partial charge in [0.1, 0.15) is 12.4 Å². The summed E-state index contributed by atoms with van der Waals surface area (Å²) in [4.78, 5) is 13.2. The van der Waals surface area contributed by atoms with Crippen molar-refractivity contribution in [1.82, 2.24) is 5.32 Å². The van der Waals surface area contributed by atoms with Crippen LogP contribution < -0.4 is 15.4 Å². The minimum Gasteiger partial charge on any atom is -0.487 e. The molecule has 0 unspecified atom stereocenters. The van der Waals surface area contributed by atoms with Crippen molar-refractivity contribution >= 4 is 61.3 Å². The van der Waals surface area contributed by atoms with Gasteiger partial charge in [0.2, 0.25) is 0 Å². The van der Waals surface area contributed by atoms with E-state index in [-0.39, 0.29) is 11.4 Å². The number of anilines is 1. The van der Waals surface area contributed by atoms with Crippen LogP contribution in [0.4, 0.5) is 5.69 Å². The molecule has 0 spiro atoms. The van der Waals surface area contributed by atoms with Crippen LogP contribution in [0.1, 0.15) is 29.2 Å². The van der Waals surface area contributed by atoms with Crippen molar-refractivity contribution in [2.45, 2.75) is 32.4 Å². The Morgan fingerprint density at radius 1 is 1.03 bits per heavy atom. The second-order valence-corrected chi connectivity index (χ2v) is 10.6. The predicted molar refractivity (Wildman–Crippen MR) is 144 cm³/mol. The lowest BCUT2D eigenvalue weighted by Crippen LogP contribution is -2.30. The smallest absolute Gasteiger partial charge is 0.260 e. The number of amides is 1. The second-order valence-electron chi connectivity index (χ2n) is 7.76. The fourth-order valence-electron chi connectivity index (χ4n) is 3.35. The minimum atomic E-state index is -0.208. The molecule has 1 saturated heterocycles. The molecule has 3 aromatic carbocycles. The summed E-state index contributed by atoms with van der Waals surface area (Å²) in [7, 11) is 0. The zero-order valence-corrected chi connectivity index (χ0v) is 22.3. The van der Waals surface area contributed by atoms with Gasteiger partial charge in [-0.3, -0.25) is 4.79 Å². The summed E-state index contributed by atoms with van der Waals surface area (Å²) < 4.78 is 7.68. The molecule has 1 atom stereocenters. The van der Waals surface area contributed by atoms with E-state index in [0.29, 0.717) is 11.5 Å². The summed E-state index contributed by atoms with van der Waals surface area (Å²) in [5.74, 6) is 0.644. The summed E-state index contributed by atoms with van der Waals surface area (Å²) >= 11 is 8.69. The molecule has 3 aromatic rings. The van der Waals surface area contributed by atoms with E-state index in [9.17, 15) is 4.79 Å². The maximum atomic E-state index is 12.5. The molecular formula is C26H24Br2N2O2S. The molecule has 2 N–H and O–H groups in total. The first-order valence-electron chi connectivity index (χ1n) is 10.6. The van der Waals surface area contributed by atoms with Crippen LogP contribution in [0.15, 0.2) is 74.5 Å². The van der Waals surface area contributed by atoms with Gasteiger partial charge in [-0.1, -0.05) is 60.6 Å². The summed E-state index contributed by atoms with van der Waals surface area (Å²) in [6.45, 7) is 4.67. The Hall–Kier alpha value is -2.22. The quantitative estimate of drug-likeness (QED) is 0.286. The highest BCUT2D eigenvalue weighted by Crippen LogP contribution is 2.37. The first kappa shape index (κ1) is 23.9. The molecule has 1 aliphatic heterocycles. The van der Waals surface area contributed by atoms with Crippen molar-refractivity contribution in [3.8, 4) is 5.75 Å². The van der Waals surface area contributed by atoms with Gasteiger partial charge in [0.25, 0.3) is 5.91 Å². The Kier molecular flexibility index (Phi) is 7.83. The third-order valence-electron chi connectivity index (χ3n) is 5.21. The van der Waals surface area contributed by atoms with E-state index in [0.717, 1.165) is 37.9 Å². The molecule has 1 fully saturated rings. The fraction of sp³-hybridized carbons (Fsp3) is 0.192. The fourth-order valence-corrected chi connectivity index (χ4v) is 5.78. The van der Waals surface area contributed by atoms with E-state index in [1.165, 1.54) is 22.9 Å². The number of carbonyl (C=O) groups excluding carboxylic acids is 1. The number of halogens is 2. The van der Waals surface area contributed by atoms with Crippen molar-refractivity contribution in [2.75, 3.05) is 5.32 Å². The molecule has 1 amide bonds. The lowest BCUT2D eigenvalue weighted by Gasteiger charge is -2.13. The molecule has 0 bridgehead atoms. The third-order valence-corrected chi connectivity index (χ3v) is 7.42. The van der Waals surface area contributed by atoms with Crippen LogP contribution in [0.2, 0.25) is 0 Å². The summed E-state index contributed by atoms with van der Waals surface area (Å²) in [5.41, 5.74) is 5.28. The Balaban J connectivity index is 1.43. The van der Waals surface area contributed by atoms with Gasteiger partial charge in [-0.15, -0.1) is 0 Å². The van der Waals surface area contributed by atoms with Gasteiger partial charge >= 0.3 is 0 Å². The van der Waals surface area contributed by atoms with E-state index in [1.807, 2.05) is 30.3 Å². The van der Waals surface area contributed by atoms with Crippen LogP contribution in [-0.2, 0) is 17.8 Å². The van der Waals surface area contributed by atoms with Gasteiger partial charge in [0.15, 0.2) is 5.50 Å². The summed E-state index contributed by atoms with van der Waals surface area (Å²) in [6.07, 6.45) is 2.89. The van der Waals surface area contributed by atoms with Gasteiger partial charge < -0.3 is 15.4 Å². The number of nitrogens with one attached hydrogen (secondary N) is 2. The molecule has 0 radical (unpaired) electrons. The molecule has 4 rings (SSSR count). The van der Waals surface area contributed by atoms with Crippen LogP contribution in [0.5, 0.6) is 5.75 Å². The Morgan fingerprint density at radius 2 is 1.67 bits per heavy atom. The van der Waals surface area contributed by atoms with Crippen LogP contribution in [-0.4, -0.2) is 11.4 Å². The molecule has 0 aliphatic carbocycles. The molecular weight excluding hydrogens is 564 g/mol. The van der Waals surface area contributed by atoms with Crippen molar-refractivity contribution in [2.24, 2.45) is 0 Å². The molecule has 0 saturated carbocycles. The number of thioether (sulfide) groups is 1. The zero-order chi connectivity index (χ0) is 23.4. The zero-order valence-electron chi connectivity index (χ0n) is 18.3. The van der Waals surface area contributed by atoms with E-state index < -0.39 is 0 Å². The third kappa shape index (κ3) is 6.22. The molecule has 1 aliphatic rings. The normalized spacial score (nSPS) is 16.7. The SMILES string of the molecule is CCc1ccc(N[C@H]2NC(=O)/C(=C/c3cc(Br)c(OCc4ccc(C)cc4)c(Br)c3)S2)cc1.